The summed E-state index contributed by atoms with van der Waals surface area (Å²) in [4.78, 5) is 45.1. The number of aromatic nitrogens is 2. The lowest BCUT2D eigenvalue weighted by Crippen LogP contribution is -2.37. The zero-order valence-electron chi connectivity index (χ0n) is 24.8. The molecule has 1 unspecified atom stereocenters. The largest absolute Gasteiger partial charge is 0.460 e. The first-order valence-corrected chi connectivity index (χ1v) is 13.9. The molecule has 1 heterocycles. The third-order valence-electron chi connectivity index (χ3n) is 5.92. The quantitative estimate of drug-likeness (QED) is 0.148. The van der Waals surface area contributed by atoms with Crippen LogP contribution in [0.1, 0.15) is 67.7 Å². The molecule has 0 spiro atoms. The van der Waals surface area contributed by atoms with Crippen molar-refractivity contribution in [3.05, 3.63) is 65.9 Å². The van der Waals surface area contributed by atoms with E-state index in [1.54, 1.807) is 45.0 Å². The average molecular weight is 616 g/mol. The molecule has 0 saturated heterocycles. The minimum atomic E-state index is -4.64. The van der Waals surface area contributed by atoms with Gasteiger partial charge in [0, 0.05) is 41.8 Å². The van der Waals surface area contributed by atoms with Crippen molar-refractivity contribution in [2.24, 2.45) is 5.73 Å². The average Bonchev–Trinajstić information content (AvgIpc) is 2.93. The van der Waals surface area contributed by atoms with Crippen LogP contribution in [0.2, 0.25) is 0 Å². The number of hydrogen-bond donors (Lipinski definition) is 5. The fraction of sp³-hybridized carbons (Fsp3) is 0.367. The standard InChI is InChI=1S/C30H36F3N7O4/c1-5-15-35-26-22(17-36-28(40-26)39-19-11-9-18(10-12-19)25(34)42)27(43)38-21-8-6-7-20(16-21)37-23(30(31,32)33)13-14-24(41)44-29(2,3)4/h6-12,16-17,23,37H,5,13-15H2,1-4H3,(H2,34,42)(H,38,43)(H2,35,36,39,40). The summed E-state index contributed by atoms with van der Waals surface area (Å²) in [5.41, 5.74) is 5.82. The first-order valence-electron chi connectivity index (χ1n) is 13.9. The number of halogens is 3. The Hall–Kier alpha value is -4.88. The molecule has 236 valence electrons. The van der Waals surface area contributed by atoms with E-state index in [2.05, 4.69) is 31.2 Å². The van der Waals surface area contributed by atoms with Gasteiger partial charge in [-0.1, -0.05) is 13.0 Å². The Morgan fingerprint density at radius 3 is 2.30 bits per heavy atom. The van der Waals surface area contributed by atoms with Gasteiger partial charge < -0.3 is 31.7 Å². The van der Waals surface area contributed by atoms with Gasteiger partial charge in [0.25, 0.3) is 5.91 Å². The molecule has 3 rings (SSSR count). The van der Waals surface area contributed by atoms with Crippen molar-refractivity contribution in [2.45, 2.75) is 64.8 Å². The summed E-state index contributed by atoms with van der Waals surface area (Å²) in [5, 5.41) is 11.2. The molecule has 6 N–H and O–H groups in total. The van der Waals surface area contributed by atoms with Crippen molar-refractivity contribution in [3.8, 4) is 0 Å². The van der Waals surface area contributed by atoms with Crippen molar-refractivity contribution in [1.29, 1.82) is 0 Å². The number of ether oxygens (including phenoxy) is 1. The van der Waals surface area contributed by atoms with Crippen LogP contribution in [0.15, 0.2) is 54.7 Å². The number of esters is 1. The number of carbonyl (C=O) groups is 3. The zero-order valence-corrected chi connectivity index (χ0v) is 24.8. The minimum absolute atomic E-state index is 0.0943. The molecule has 1 atom stereocenters. The third-order valence-corrected chi connectivity index (χ3v) is 5.92. The number of nitrogens with zero attached hydrogens (tertiary/aromatic N) is 2. The summed E-state index contributed by atoms with van der Waals surface area (Å²) in [6, 6.07) is 10.1. The van der Waals surface area contributed by atoms with E-state index in [1.807, 2.05) is 6.92 Å². The molecular weight excluding hydrogens is 579 g/mol. The molecule has 0 aliphatic carbocycles. The predicted molar refractivity (Wildman–Crippen MR) is 162 cm³/mol. The zero-order chi connectivity index (χ0) is 32.5. The van der Waals surface area contributed by atoms with Crippen molar-refractivity contribution < 1.29 is 32.3 Å². The van der Waals surface area contributed by atoms with E-state index in [9.17, 15) is 27.6 Å². The highest BCUT2D eigenvalue weighted by Gasteiger charge is 2.40. The SMILES string of the molecule is CCCNc1nc(Nc2ccc(C(N)=O)cc2)ncc1C(=O)Nc1cccc(NC(CCC(=O)OC(C)(C)C)C(F)(F)F)c1. The molecule has 0 aliphatic rings. The van der Waals surface area contributed by atoms with Crippen LogP contribution < -0.4 is 27.0 Å². The number of anilines is 5. The lowest BCUT2D eigenvalue weighted by Gasteiger charge is -2.24. The Balaban J connectivity index is 1.74. The second-order valence-electron chi connectivity index (χ2n) is 10.8. The van der Waals surface area contributed by atoms with Gasteiger partial charge in [0.15, 0.2) is 0 Å². The van der Waals surface area contributed by atoms with Crippen molar-refractivity contribution >= 4 is 46.6 Å². The van der Waals surface area contributed by atoms with E-state index in [1.165, 1.54) is 30.5 Å². The fourth-order valence-electron chi connectivity index (χ4n) is 3.89. The van der Waals surface area contributed by atoms with Gasteiger partial charge in [0.1, 0.15) is 23.0 Å². The van der Waals surface area contributed by atoms with Gasteiger partial charge in [-0.25, -0.2) is 4.98 Å². The van der Waals surface area contributed by atoms with E-state index in [4.69, 9.17) is 10.5 Å². The van der Waals surface area contributed by atoms with Crippen molar-refractivity contribution in [1.82, 2.24) is 9.97 Å². The maximum Gasteiger partial charge on any atom is 0.408 e. The molecule has 0 bridgehead atoms. The molecule has 44 heavy (non-hydrogen) atoms. The van der Waals surface area contributed by atoms with Crippen LogP contribution in [0.3, 0.4) is 0 Å². The number of hydrogen-bond acceptors (Lipinski definition) is 9. The van der Waals surface area contributed by atoms with Gasteiger partial charge in [-0.3, -0.25) is 14.4 Å². The van der Waals surface area contributed by atoms with Crippen LogP contribution >= 0.6 is 0 Å². The number of rotatable bonds is 13. The van der Waals surface area contributed by atoms with Gasteiger partial charge in [-0.15, -0.1) is 0 Å². The molecule has 11 nitrogen and oxygen atoms in total. The molecule has 0 saturated carbocycles. The summed E-state index contributed by atoms with van der Waals surface area (Å²) in [6.45, 7) is 7.35. The normalized spacial score (nSPS) is 12.2. The number of nitrogens with one attached hydrogen (secondary N) is 4. The summed E-state index contributed by atoms with van der Waals surface area (Å²) >= 11 is 0. The lowest BCUT2D eigenvalue weighted by molar-refractivity contribution is -0.158. The predicted octanol–water partition coefficient (Wildman–Crippen LogP) is 5.86. The smallest absolute Gasteiger partial charge is 0.408 e. The fourth-order valence-corrected chi connectivity index (χ4v) is 3.89. The molecule has 2 amide bonds. The van der Waals surface area contributed by atoms with E-state index >= 15 is 0 Å². The molecule has 1 aromatic heterocycles. The Morgan fingerprint density at radius 1 is 1.00 bits per heavy atom. The Labute approximate surface area is 253 Å². The Morgan fingerprint density at radius 2 is 1.68 bits per heavy atom. The van der Waals surface area contributed by atoms with Crippen LogP contribution in [-0.4, -0.2) is 52.1 Å². The number of amides is 2. The second-order valence-corrected chi connectivity index (χ2v) is 10.8. The summed E-state index contributed by atoms with van der Waals surface area (Å²) in [6.07, 6.45) is -3.54. The van der Waals surface area contributed by atoms with E-state index < -0.39 is 48.4 Å². The molecule has 0 radical (unpaired) electrons. The van der Waals surface area contributed by atoms with E-state index in [0.29, 0.717) is 17.8 Å². The molecular formula is C30H36F3N7O4. The number of alkyl halides is 3. The Kier molecular flexibility index (Phi) is 11.1. The van der Waals surface area contributed by atoms with Crippen LogP contribution in [-0.2, 0) is 9.53 Å². The van der Waals surface area contributed by atoms with Crippen LogP contribution in [0.25, 0.3) is 0 Å². The monoisotopic (exact) mass is 615 g/mol. The lowest BCUT2D eigenvalue weighted by atomic mass is 10.1. The molecule has 0 aliphatic heterocycles. The number of carbonyl (C=O) groups excluding carboxylic acids is 3. The highest BCUT2D eigenvalue weighted by atomic mass is 19.4. The third kappa shape index (κ3) is 10.4. The first-order chi connectivity index (χ1) is 20.6. The molecule has 2 aromatic carbocycles. The maximum atomic E-state index is 13.8. The molecule has 3 aromatic rings. The molecule has 14 heteroatoms. The topological polar surface area (TPSA) is 160 Å². The summed E-state index contributed by atoms with van der Waals surface area (Å²) in [5.74, 6) is -1.46. The minimum Gasteiger partial charge on any atom is -0.460 e. The van der Waals surface area contributed by atoms with Gasteiger partial charge in [0.05, 0.1) is 0 Å². The van der Waals surface area contributed by atoms with Gasteiger partial charge in [0.2, 0.25) is 11.9 Å². The van der Waals surface area contributed by atoms with Crippen molar-refractivity contribution in [3.63, 3.8) is 0 Å². The van der Waals surface area contributed by atoms with Crippen LogP contribution in [0.4, 0.5) is 42.0 Å². The van der Waals surface area contributed by atoms with Crippen LogP contribution in [0, 0.1) is 0 Å². The van der Waals surface area contributed by atoms with Gasteiger partial charge in [-0.2, -0.15) is 18.2 Å². The second kappa shape index (κ2) is 14.5. The first kappa shape index (κ1) is 33.6. The maximum absolute atomic E-state index is 13.8. The number of primary amides is 1. The van der Waals surface area contributed by atoms with E-state index in [-0.39, 0.29) is 28.7 Å². The summed E-state index contributed by atoms with van der Waals surface area (Å²) < 4.78 is 46.4. The molecule has 0 fully saturated rings. The number of nitrogens with two attached hydrogens (primary N) is 1. The van der Waals surface area contributed by atoms with Crippen LogP contribution in [0.5, 0.6) is 0 Å². The van der Waals surface area contributed by atoms with E-state index in [0.717, 1.165) is 6.42 Å². The highest BCUT2D eigenvalue weighted by Crippen LogP contribution is 2.29. The highest BCUT2D eigenvalue weighted by molar-refractivity contribution is 6.07. The Bertz CT molecular complexity index is 1460. The van der Waals surface area contributed by atoms with Gasteiger partial charge in [-0.05, 0) is 76.1 Å². The summed E-state index contributed by atoms with van der Waals surface area (Å²) in [7, 11) is 0. The number of benzene rings is 2. The van der Waals surface area contributed by atoms with Gasteiger partial charge >= 0.3 is 12.1 Å². The van der Waals surface area contributed by atoms with Crippen molar-refractivity contribution in [2.75, 3.05) is 27.8 Å².